The highest BCUT2D eigenvalue weighted by molar-refractivity contribution is 5.80. The summed E-state index contributed by atoms with van der Waals surface area (Å²) < 4.78 is 0. The number of hydrogen-bond acceptors (Lipinski definition) is 2. The zero-order chi connectivity index (χ0) is 10.0. The first kappa shape index (κ1) is 10.5. The maximum absolute atomic E-state index is 11.2. The molecule has 13 heavy (non-hydrogen) atoms. The van der Waals surface area contributed by atoms with E-state index in [9.17, 15) is 4.79 Å². The zero-order valence-electron chi connectivity index (χ0n) is 8.79. The van der Waals surface area contributed by atoms with Gasteiger partial charge in [-0.2, -0.15) is 0 Å². The Bertz CT molecular complexity index is 191. The monoisotopic (exact) mass is 184 g/mol. The van der Waals surface area contributed by atoms with Crippen LogP contribution in [0, 0.1) is 5.92 Å². The van der Waals surface area contributed by atoms with Gasteiger partial charge in [-0.25, -0.2) is 0 Å². The fourth-order valence-electron chi connectivity index (χ4n) is 2.06. The largest absolute Gasteiger partial charge is 0.368 e. The van der Waals surface area contributed by atoms with E-state index in [1.165, 1.54) is 6.42 Å². The van der Waals surface area contributed by atoms with E-state index < -0.39 is 0 Å². The third-order valence-electron chi connectivity index (χ3n) is 2.90. The van der Waals surface area contributed by atoms with E-state index >= 15 is 0 Å². The molecule has 0 spiro atoms. The number of nitrogens with zero attached hydrogens (tertiary/aromatic N) is 1. The minimum atomic E-state index is -0.166. The van der Waals surface area contributed by atoms with Gasteiger partial charge in [0.05, 0.1) is 6.04 Å². The molecule has 0 bridgehead atoms. The quantitative estimate of drug-likeness (QED) is 0.695. The van der Waals surface area contributed by atoms with E-state index in [-0.39, 0.29) is 11.9 Å². The van der Waals surface area contributed by atoms with Crippen LogP contribution in [0.2, 0.25) is 0 Å². The number of primary amides is 1. The van der Waals surface area contributed by atoms with Gasteiger partial charge in [0, 0.05) is 6.04 Å². The summed E-state index contributed by atoms with van der Waals surface area (Å²) in [4.78, 5) is 13.4. The average Bonchev–Trinajstić information content (AvgIpc) is 2.03. The van der Waals surface area contributed by atoms with Gasteiger partial charge in [-0.15, -0.1) is 0 Å². The molecule has 0 saturated carbocycles. The van der Waals surface area contributed by atoms with E-state index in [0.29, 0.717) is 12.0 Å². The van der Waals surface area contributed by atoms with Gasteiger partial charge >= 0.3 is 0 Å². The second kappa shape index (κ2) is 4.09. The smallest absolute Gasteiger partial charge is 0.234 e. The summed E-state index contributed by atoms with van der Waals surface area (Å²) in [7, 11) is 0. The molecule has 0 aromatic rings. The Balaban J connectivity index is 2.66. The highest BCUT2D eigenvalue weighted by atomic mass is 16.1. The molecule has 2 unspecified atom stereocenters. The Morgan fingerprint density at radius 1 is 1.54 bits per heavy atom. The van der Waals surface area contributed by atoms with E-state index in [4.69, 9.17) is 5.73 Å². The Kier molecular flexibility index (Phi) is 3.31. The van der Waals surface area contributed by atoms with Crippen LogP contribution in [0.5, 0.6) is 0 Å². The normalized spacial score (nSPS) is 30.8. The number of rotatable bonds is 2. The lowest BCUT2D eigenvalue weighted by Crippen LogP contribution is -2.52. The van der Waals surface area contributed by atoms with Gasteiger partial charge in [-0.3, -0.25) is 9.69 Å². The van der Waals surface area contributed by atoms with Crippen molar-refractivity contribution in [3.63, 3.8) is 0 Å². The van der Waals surface area contributed by atoms with Crippen molar-refractivity contribution in [3.05, 3.63) is 0 Å². The molecule has 0 aliphatic carbocycles. The molecule has 0 aromatic carbocycles. The number of carbonyl (C=O) groups is 1. The highest BCUT2D eigenvalue weighted by Gasteiger charge is 2.31. The molecular weight excluding hydrogens is 164 g/mol. The standard InChI is InChI=1S/C10H20N2O/c1-7(2)12-5-4-8(3)6-9(12)10(11)13/h7-9H,4-6H2,1-3H3,(H2,11,13). The van der Waals surface area contributed by atoms with Crippen LogP contribution in [0.15, 0.2) is 0 Å². The summed E-state index contributed by atoms with van der Waals surface area (Å²) in [6, 6.07) is 0.383. The summed E-state index contributed by atoms with van der Waals surface area (Å²) in [6.07, 6.45) is 2.11. The van der Waals surface area contributed by atoms with E-state index in [1.807, 2.05) is 0 Å². The minimum Gasteiger partial charge on any atom is -0.368 e. The number of carbonyl (C=O) groups excluding carboxylic acids is 1. The number of piperidine rings is 1. The average molecular weight is 184 g/mol. The summed E-state index contributed by atoms with van der Waals surface area (Å²) >= 11 is 0. The van der Waals surface area contributed by atoms with Gasteiger partial charge in [0.15, 0.2) is 0 Å². The van der Waals surface area contributed by atoms with Crippen molar-refractivity contribution in [3.8, 4) is 0 Å². The maximum Gasteiger partial charge on any atom is 0.234 e. The van der Waals surface area contributed by atoms with E-state index in [1.54, 1.807) is 0 Å². The number of amides is 1. The molecule has 1 saturated heterocycles. The van der Waals surface area contributed by atoms with E-state index in [0.717, 1.165) is 13.0 Å². The molecule has 0 aromatic heterocycles. The van der Waals surface area contributed by atoms with Crippen molar-refractivity contribution in [2.75, 3.05) is 6.54 Å². The van der Waals surface area contributed by atoms with Gasteiger partial charge in [0.1, 0.15) is 0 Å². The summed E-state index contributed by atoms with van der Waals surface area (Å²) in [5, 5.41) is 0. The summed E-state index contributed by atoms with van der Waals surface area (Å²) in [5.41, 5.74) is 5.38. The Labute approximate surface area is 80.3 Å². The second-order valence-electron chi connectivity index (χ2n) is 4.38. The van der Waals surface area contributed by atoms with Gasteiger partial charge < -0.3 is 5.73 Å². The lowest BCUT2D eigenvalue weighted by molar-refractivity contribution is -0.126. The molecule has 1 rings (SSSR count). The molecule has 76 valence electrons. The lowest BCUT2D eigenvalue weighted by atomic mass is 9.91. The third kappa shape index (κ3) is 2.44. The van der Waals surface area contributed by atoms with Gasteiger partial charge in [0.25, 0.3) is 0 Å². The third-order valence-corrected chi connectivity index (χ3v) is 2.90. The molecule has 0 radical (unpaired) electrons. The van der Waals surface area contributed by atoms with Crippen molar-refractivity contribution in [2.45, 2.75) is 45.7 Å². The first-order chi connectivity index (χ1) is 6.02. The van der Waals surface area contributed by atoms with Crippen molar-refractivity contribution in [2.24, 2.45) is 11.7 Å². The highest BCUT2D eigenvalue weighted by Crippen LogP contribution is 2.23. The van der Waals surface area contributed by atoms with Crippen LogP contribution in [0.1, 0.15) is 33.6 Å². The van der Waals surface area contributed by atoms with Crippen molar-refractivity contribution in [1.29, 1.82) is 0 Å². The van der Waals surface area contributed by atoms with Crippen LogP contribution in [0.25, 0.3) is 0 Å². The summed E-state index contributed by atoms with van der Waals surface area (Å²) in [5.74, 6) is 0.466. The molecule has 1 fully saturated rings. The molecule has 1 heterocycles. The molecule has 2 atom stereocenters. The molecule has 1 aliphatic heterocycles. The fraction of sp³-hybridized carbons (Fsp3) is 0.900. The van der Waals surface area contributed by atoms with Crippen molar-refractivity contribution >= 4 is 5.91 Å². The maximum atomic E-state index is 11.2. The first-order valence-electron chi connectivity index (χ1n) is 5.07. The molecule has 3 heteroatoms. The van der Waals surface area contributed by atoms with Gasteiger partial charge in [-0.1, -0.05) is 6.92 Å². The molecule has 1 aliphatic rings. The molecular formula is C10H20N2O. The van der Waals surface area contributed by atoms with Crippen LogP contribution in [0.4, 0.5) is 0 Å². The zero-order valence-corrected chi connectivity index (χ0v) is 8.79. The Morgan fingerprint density at radius 3 is 2.62 bits per heavy atom. The van der Waals surface area contributed by atoms with Crippen LogP contribution in [-0.2, 0) is 4.79 Å². The van der Waals surface area contributed by atoms with Crippen molar-refractivity contribution in [1.82, 2.24) is 4.90 Å². The van der Waals surface area contributed by atoms with Crippen LogP contribution < -0.4 is 5.73 Å². The molecule has 3 nitrogen and oxygen atoms in total. The Morgan fingerprint density at radius 2 is 2.15 bits per heavy atom. The predicted molar refractivity (Wildman–Crippen MR) is 53.2 cm³/mol. The topological polar surface area (TPSA) is 46.3 Å². The van der Waals surface area contributed by atoms with Gasteiger partial charge in [0.2, 0.25) is 5.91 Å². The lowest BCUT2D eigenvalue weighted by Gasteiger charge is -2.39. The SMILES string of the molecule is CC1CCN(C(C)C)C(C(N)=O)C1. The second-order valence-corrected chi connectivity index (χ2v) is 4.38. The Hall–Kier alpha value is -0.570. The van der Waals surface area contributed by atoms with E-state index in [2.05, 4.69) is 25.7 Å². The number of likely N-dealkylation sites (tertiary alicyclic amines) is 1. The van der Waals surface area contributed by atoms with Crippen LogP contribution >= 0.6 is 0 Å². The fourth-order valence-corrected chi connectivity index (χ4v) is 2.06. The first-order valence-corrected chi connectivity index (χ1v) is 5.07. The number of hydrogen-bond donors (Lipinski definition) is 1. The minimum absolute atomic E-state index is 0.0382. The van der Waals surface area contributed by atoms with Gasteiger partial charge in [-0.05, 0) is 39.2 Å². The van der Waals surface area contributed by atoms with Crippen LogP contribution in [0.3, 0.4) is 0 Å². The molecule has 1 amide bonds. The predicted octanol–water partition coefficient (Wildman–Crippen LogP) is 0.981. The summed E-state index contributed by atoms with van der Waals surface area (Å²) in [6.45, 7) is 7.43. The van der Waals surface area contributed by atoms with Crippen molar-refractivity contribution < 1.29 is 4.79 Å². The number of nitrogens with two attached hydrogens (primary N) is 1. The van der Waals surface area contributed by atoms with Crippen LogP contribution in [-0.4, -0.2) is 29.4 Å². The molecule has 2 N–H and O–H groups in total.